The molecule has 2 atom stereocenters. The van der Waals surface area contributed by atoms with Crippen molar-refractivity contribution in [3.63, 3.8) is 0 Å². The number of nitrogens with zero attached hydrogens (tertiary/aromatic N) is 2. The predicted octanol–water partition coefficient (Wildman–Crippen LogP) is 0.209. The second-order valence-electron chi connectivity index (χ2n) is 7.43. The van der Waals surface area contributed by atoms with E-state index in [-0.39, 0.29) is 25.3 Å². The van der Waals surface area contributed by atoms with Gasteiger partial charge in [0.25, 0.3) is 0 Å². The molecule has 1 aromatic rings. The van der Waals surface area contributed by atoms with Crippen LogP contribution >= 0.6 is 0 Å². The number of benzene rings is 1. The molecule has 0 unspecified atom stereocenters. The van der Waals surface area contributed by atoms with Gasteiger partial charge in [-0.05, 0) is 17.9 Å². The molecule has 2 rings (SSSR count). The fraction of sp³-hybridized carbons (Fsp3) is 0.400. The van der Waals surface area contributed by atoms with E-state index in [2.05, 4.69) is 20.3 Å². The maximum absolute atomic E-state index is 13.0. The number of hydrogen-bond donors (Lipinski definition) is 4. The summed E-state index contributed by atoms with van der Waals surface area (Å²) in [6, 6.07) is 6.53. The number of carbonyl (C=O) groups is 3. The molecule has 0 aliphatic carbocycles. The van der Waals surface area contributed by atoms with Crippen molar-refractivity contribution in [2.24, 2.45) is 10.9 Å². The van der Waals surface area contributed by atoms with E-state index in [0.717, 1.165) is 5.56 Å². The molecule has 0 spiro atoms. The lowest BCUT2D eigenvalue weighted by Crippen LogP contribution is -2.55. The Morgan fingerprint density at radius 1 is 1.16 bits per heavy atom. The molecule has 0 bridgehead atoms. The first-order valence-electron chi connectivity index (χ1n) is 9.92. The topological polar surface area (TPSA) is 141 Å². The van der Waals surface area contributed by atoms with Gasteiger partial charge in [-0.3, -0.25) is 19.5 Å². The van der Waals surface area contributed by atoms with E-state index in [0.29, 0.717) is 0 Å². The lowest BCUT2D eigenvalue weighted by atomic mass is 10.0. The minimum absolute atomic E-state index is 0.00799. The van der Waals surface area contributed by atoms with Gasteiger partial charge in [-0.15, -0.1) is 0 Å². The Labute approximate surface area is 181 Å². The van der Waals surface area contributed by atoms with E-state index in [1.807, 2.05) is 44.2 Å². The average molecular weight is 430 g/mol. The SMILES string of the molecule is CC(C)C[C@H](NC(=O)[C@H](Cc1ccccc1)NC(=O)N1C=CN=CC1)C(=O)OB(O)O. The average Bonchev–Trinajstić information content (AvgIpc) is 2.73. The third-order valence-electron chi connectivity index (χ3n) is 4.40. The molecule has 0 aromatic heterocycles. The first kappa shape index (κ1) is 24.1. The van der Waals surface area contributed by atoms with Gasteiger partial charge in [0, 0.05) is 25.0 Å². The third-order valence-corrected chi connectivity index (χ3v) is 4.40. The van der Waals surface area contributed by atoms with Crippen molar-refractivity contribution in [2.75, 3.05) is 6.54 Å². The van der Waals surface area contributed by atoms with Crippen LogP contribution < -0.4 is 10.6 Å². The minimum atomic E-state index is -2.29. The molecule has 3 amide bonds. The second-order valence-corrected chi connectivity index (χ2v) is 7.43. The Hall–Kier alpha value is -3.18. The smallest absolute Gasteiger partial charge is 0.484 e. The summed E-state index contributed by atoms with van der Waals surface area (Å²) < 4.78 is 4.43. The van der Waals surface area contributed by atoms with E-state index in [1.165, 1.54) is 17.3 Å². The highest BCUT2D eigenvalue weighted by atomic mass is 16.6. The Morgan fingerprint density at radius 2 is 1.87 bits per heavy atom. The van der Waals surface area contributed by atoms with Crippen LogP contribution in [0.25, 0.3) is 0 Å². The summed E-state index contributed by atoms with van der Waals surface area (Å²) in [5.41, 5.74) is 0.812. The molecule has 4 N–H and O–H groups in total. The standard InChI is InChI=1S/C20H27BN4O6/c1-14(2)12-17(19(27)31-21(29)30)23-18(26)16(13-15-6-4-3-5-7-15)24-20(28)25-10-8-22-9-11-25/h3-10,14,16-17,29-30H,11-13H2,1-2H3,(H,23,26)(H,24,28)/t16-,17-/m0/s1. The van der Waals surface area contributed by atoms with Gasteiger partial charge < -0.3 is 25.3 Å². The van der Waals surface area contributed by atoms with E-state index in [9.17, 15) is 14.4 Å². The Kier molecular flexibility index (Phi) is 9.23. The summed E-state index contributed by atoms with van der Waals surface area (Å²) in [6.45, 7) is 3.95. The van der Waals surface area contributed by atoms with Crippen LogP contribution in [0.2, 0.25) is 0 Å². The second kappa shape index (κ2) is 11.9. The Bertz CT molecular complexity index is 815. The van der Waals surface area contributed by atoms with Crippen molar-refractivity contribution < 1.29 is 29.1 Å². The van der Waals surface area contributed by atoms with Crippen LogP contribution in [0.3, 0.4) is 0 Å². The minimum Gasteiger partial charge on any atom is -0.484 e. The summed E-state index contributed by atoms with van der Waals surface area (Å²) >= 11 is 0. The van der Waals surface area contributed by atoms with Crippen molar-refractivity contribution in [1.29, 1.82) is 0 Å². The molecule has 11 heteroatoms. The fourth-order valence-electron chi connectivity index (χ4n) is 2.96. The van der Waals surface area contributed by atoms with Gasteiger partial charge in [0.1, 0.15) is 12.1 Å². The first-order chi connectivity index (χ1) is 14.8. The third kappa shape index (κ3) is 8.23. The Morgan fingerprint density at radius 3 is 2.45 bits per heavy atom. The molecule has 0 fully saturated rings. The van der Waals surface area contributed by atoms with Crippen LogP contribution in [-0.2, 0) is 20.7 Å². The molecule has 1 aliphatic rings. The quantitative estimate of drug-likeness (QED) is 0.413. The van der Waals surface area contributed by atoms with E-state index >= 15 is 0 Å². The Balaban J connectivity index is 2.16. The zero-order chi connectivity index (χ0) is 22.8. The summed E-state index contributed by atoms with van der Waals surface area (Å²) in [5.74, 6) is -1.56. The zero-order valence-electron chi connectivity index (χ0n) is 17.5. The molecular formula is C20H27BN4O6. The molecule has 10 nitrogen and oxygen atoms in total. The van der Waals surface area contributed by atoms with E-state index in [4.69, 9.17) is 10.0 Å². The van der Waals surface area contributed by atoms with Crippen LogP contribution in [0.4, 0.5) is 4.79 Å². The monoisotopic (exact) mass is 430 g/mol. The normalized spacial score (nSPS) is 14.7. The maximum atomic E-state index is 13.0. The van der Waals surface area contributed by atoms with Gasteiger partial charge in [0.2, 0.25) is 5.91 Å². The largest absolute Gasteiger partial charge is 0.709 e. The van der Waals surface area contributed by atoms with Gasteiger partial charge >= 0.3 is 19.3 Å². The number of hydrogen-bond acceptors (Lipinski definition) is 7. The molecule has 166 valence electrons. The highest BCUT2D eigenvalue weighted by Crippen LogP contribution is 2.10. The van der Waals surface area contributed by atoms with Gasteiger partial charge in [0.05, 0.1) is 6.54 Å². The summed E-state index contributed by atoms with van der Waals surface area (Å²) in [6.07, 6.45) is 4.92. The van der Waals surface area contributed by atoms with Crippen LogP contribution in [0.15, 0.2) is 47.7 Å². The van der Waals surface area contributed by atoms with E-state index in [1.54, 1.807) is 6.21 Å². The number of amides is 3. The number of nitrogens with one attached hydrogen (secondary N) is 2. The van der Waals surface area contributed by atoms with Gasteiger partial charge in [-0.25, -0.2) is 4.79 Å². The van der Waals surface area contributed by atoms with Crippen LogP contribution in [0.5, 0.6) is 0 Å². The van der Waals surface area contributed by atoms with Gasteiger partial charge in [-0.2, -0.15) is 0 Å². The molecule has 1 aliphatic heterocycles. The van der Waals surface area contributed by atoms with Crippen LogP contribution in [0, 0.1) is 5.92 Å². The predicted molar refractivity (Wildman–Crippen MR) is 114 cm³/mol. The summed E-state index contributed by atoms with van der Waals surface area (Å²) in [5, 5.41) is 23.1. The fourth-order valence-corrected chi connectivity index (χ4v) is 2.96. The molecule has 1 heterocycles. The lowest BCUT2D eigenvalue weighted by molar-refractivity contribution is -0.142. The molecule has 0 saturated heterocycles. The van der Waals surface area contributed by atoms with Crippen molar-refractivity contribution in [1.82, 2.24) is 15.5 Å². The van der Waals surface area contributed by atoms with Crippen molar-refractivity contribution >= 4 is 31.4 Å². The highest BCUT2D eigenvalue weighted by Gasteiger charge is 2.31. The number of urea groups is 1. The lowest BCUT2D eigenvalue weighted by Gasteiger charge is -2.26. The number of aliphatic imine (C=N–C) groups is 1. The summed E-state index contributed by atoms with van der Waals surface area (Å²) in [4.78, 5) is 43.1. The van der Waals surface area contributed by atoms with Gasteiger partial charge in [-0.1, -0.05) is 44.2 Å². The first-order valence-corrected chi connectivity index (χ1v) is 9.92. The molecular weight excluding hydrogens is 403 g/mol. The molecule has 1 aromatic carbocycles. The van der Waals surface area contributed by atoms with Gasteiger partial charge in [0.15, 0.2) is 0 Å². The highest BCUT2D eigenvalue weighted by molar-refractivity contribution is 6.36. The molecule has 0 radical (unpaired) electrons. The molecule has 0 saturated carbocycles. The van der Waals surface area contributed by atoms with Crippen molar-refractivity contribution in [3.05, 3.63) is 48.3 Å². The van der Waals surface area contributed by atoms with Crippen molar-refractivity contribution in [2.45, 2.75) is 38.8 Å². The van der Waals surface area contributed by atoms with Crippen LogP contribution in [0.1, 0.15) is 25.8 Å². The number of carbonyl (C=O) groups excluding carboxylic acids is 3. The van der Waals surface area contributed by atoms with Crippen molar-refractivity contribution in [3.8, 4) is 0 Å². The summed E-state index contributed by atoms with van der Waals surface area (Å²) in [7, 11) is -2.29. The van der Waals surface area contributed by atoms with Crippen LogP contribution in [-0.4, -0.2) is 65.0 Å². The number of rotatable bonds is 9. The molecule has 31 heavy (non-hydrogen) atoms. The van der Waals surface area contributed by atoms with E-state index < -0.39 is 37.3 Å². The maximum Gasteiger partial charge on any atom is 0.709 e. The zero-order valence-corrected chi connectivity index (χ0v) is 17.5.